The molecule has 1 aromatic rings. The first kappa shape index (κ1) is 11.8. The van der Waals surface area contributed by atoms with Gasteiger partial charge in [-0.05, 0) is 32.8 Å². The number of aliphatic carboxylic acids is 1. The van der Waals surface area contributed by atoms with Crippen molar-refractivity contribution in [3.8, 4) is 0 Å². The lowest BCUT2D eigenvalue weighted by atomic mass is 9.82. The molecule has 1 aliphatic rings. The van der Waals surface area contributed by atoms with Crippen LogP contribution in [0, 0.1) is 12.3 Å². The number of anilines is 1. The molecule has 2 rings (SSSR count). The van der Waals surface area contributed by atoms with Crippen LogP contribution in [0.4, 0.5) is 5.82 Å². The Kier molecular flexibility index (Phi) is 3.00. The zero-order chi connectivity index (χ0) is 12.5. The van der Waals surface area contributed by atoms with E-state index in [4.69, 9.17) is 0 Å². The summed E-state index contributed by atoms with van der Waals surface area (Å²) in [5.74, 6) is 0.808. The van der Waals surface area contributed by atoms with Crippen molar-refractivity contribution >= 4 is 11.8 Å². The Bertz CT molecular complexity index is 436. The normalized spacial score (nSPS) is 24.7. The van der Waals surface area contributed by atoms with Crippen molar-refractivity contribution in [3.63, 3.8) is 0 Å². The molecule has 1 atom stereocenters. The number of carbonyl (C=O) groups is 1. The van der Waals surface area contributed by atoms with Crippen LogP contribution in [-0.4, -0.2) is 34.1 Å². The Hall–Kier alpha value is -1.65. The average Bonchev–Trinajstić information content (AvgIpc) is 2.29. The molecule has 1 aromatic heterocycles. The number of hydrogen-bond acceptors (Lipinski definition) is 4. The molecule has 0 radical (unpaired) electrons. The second-order valence-corrected chi connectivity index (χ2v) is 4.85. The van der Waals surface area contributed by atoms with Gasteiger partial charge in [0.15, 0.2) is 0 Å². The summed E-state index contributed by atoms with van der Waals surface area (Å²) in [5, 5.41) is 9.26. The predicted octanol–water partition coefficient (Wildman–Crippen LogP) is 1.48. The highest BCUT2D eigenvalue weighted by atomic mass is 16.4. The minimum atomic E-state index is -0.729. The lowest BCUT2D eigenvalue weighted by molar-refractivity contribution is -0.148. The molecule has 92 valence electrons. The molecule has 0 aromatic carbocycles. The Balaban J connectivity index is 2.20. The van der Waals surface area contributed by atoms with Crippen LogP contribution in [0.5, 0.6) is 0 Å². The van der Waals surface area contributed by atoms with E-state index in [0.29, 0.717) is 12.4 Å². The maximum atomic E-state index is 11.3. The van der Waals surface area contributed by atoms with Crippen molar-refractivity contribution in [2.24, 2.45) is 5.41 Å². The largest absolute Gasteiger partial charge is 0.481 e. The number of hydrogen-bond donors (Lipinski definition) is 1. The van der Waals surface area contributed by atoms with Gasteiger partial charge < -0.3 is 10.0 Å². The molecule has 1 unspecified atom stereocenters. The third-order valence-electron chi connectivity index (χ3n) is 3.30. The lowest BCUT2D eigenvalue weighted by Gasteiger charge is -2.38. The summed E-state index contributed by atoms with van der Waals surface area (Å²) in [5.41, 5.74) is -0.670. The van der Waals surface area contributed by atoms with Gasteiger partial charge in [-0.15, -0.1) is 0 Å². The van der Waals surface area contributed by atoms with Crippen molar-refractivity contribution in [1.29, 1.82) is 0 Å². The molecule has 0 spiro atoms. The average molecular weight is 235 g/mol. The van der Waals surface area contributed by atoms with E-state index in [2.05, 4.69) is 9.97 Å². The predicted molar refractivity (Wildman–Crippen MR) is 64.0 cm³/mol. The summed E-state index contributed by atoms with van der Waals surface area (Å²) >= 11 is 0. The van der Waals surface area contributed by atoms with Crippen LogP contribution in [0.25, 0.3) is 0 Å². The third kappa shape index (κ3) is 2.38. The standard InChI is InChI=1S/C12H17N3O2/c1-9-13-6-4-10(14-9)15-7-3-5-12(2,8-15)11(16)17/h4,6H,3,5,7-8H2,1-2H3,(H,16,17). The SMILES string of the molecule is Cc1nccc(N2CCCC(C)(C(=O)O)C2)n1. The fourth-order valence-electron chi connectivity index (χ4n) is 2.23. The van der Waals surface area contributed by atoms with E-state index in [-0.39, 0.29) is 0 Å². The maximum Gasteiger partial charge on any atom is 0.311 e. The molecule has 5 heteroatoms. The molecule has 1 saturated heterocycles. The maximum absolute atomic E-state index is 11.3. The molecule has 1 N–H and O–H groups in total. The van der Waals surface area contributed by atoms with Crippen LogP contribution in [0.1, 0.15) is 25.6 Å². The molecular formula is C12H17N3O2. The van der Waals surface area contributed by atoms with E-state index in [1.807, 2.05) is 17.9 Å². The Morgan fingerprint density at radius 3 is 3.00 bits per heavy atom. The number of piperidine rings is 1. The highest BCUT2D eigenvalue weighted by Crippen LogP contribution is 2.31. The second-order valence-electron chi connectivity index (χ2n) is 4.85. The molecule has 0 bridgehead atoms. The summed E-state index contributed by atoms with van der Waals surface area (Å²) < 4.78 is 0. The van der Waals surface area contributed by atoms with Crippen molar-refractivity contribution < 1.29 is 9.90 Å². The smallest absolute Gasteiger partial charge is 0.311 e. The van der Waals surface area contributed by atoms with Crippen LogP contribution in [0.15, 0.2) is 12.3 Å². The molecule has 0 amide bonds. The van der Waals surface area contributed by atoms with Gasteiger partial charge in [0.1, 0.15) is 11.6 Å². The van der Waals surface area contributed by atoms with Crippen molar-refractivity contribution in [2.75, 3.05) is 18.0 Å². The molecule has 0 aliphatic carbocycles. The molecule has 1 fully saturated rings. The van der Waals surface area contributed by atoms with Gasteiger partial charge in [-0.3, -0.25) is 4.79 Å². The summed E-state index contributed by atoms with van der Waals surface area (Å²) in [7, 11) is 0. The van der Waals surface area contributed by atoms with Gasteiger partial charge in [0.2, 0.25) is 0 Å². The summed E-state index contributed by atoms with van der Waals surface area (Å²) in [6.45, 7) is 5.01. The summed E-state index contributed by atoms with van der Waals surface area (Å²) in [4.78, 5) is 21.7. The topological polar surface area (TPSA) is 66.3 Å². The molecule has 2 heterocycles. The Morgan fingerprint density at radius 2 is 2.35 bits per heavy atom. The Labute approximate surface area is 100 Å². The van der Waals surface area contributed by atoms with Crippen LogP contribution in [-0.2, 0) is 4.79 Å². The molecule has 0 saturated carbocycles. The van der Waals surface area contributed by atoms with Crippen molar-refractivity contribution in [3.05, 3.63) is 18.1 Å². The monoisotopic (exact) mass is 235 g/mol. The van der Waals surface area contributed by atoms with Gasteiger partial charge in [-0.1, -0.05) is 0 Å². The second kappa shape index (κ2) is 4.31. The zero-order valence-corrected chi connectivity index (χ0v) is 10.2. The van der Waals surface area contributed by atoms with Gasteiger partial charge in [0, 0.05) is 19.3 Å². The molecular weight excluding hydrogens is 218 g/mol. The fraction of sp³-hybridized carbons (Fsp3) is 0.583. The van der Waals surface area contributed by atoms with Crippen molar-refractivity contribution in [2.45, 2.75) is 26.7 Å². The number of rotatable bonds is 2. The highest BCUT2D eigenvalue weighted by Gasteiger charge is 2.38. The number of carboxylic acid groups (broad SMARTS) is 1. The van der Waals surface area contributed by atoms with Crippen LogP contribution < -0.4 is 4.90 Å². The van der Waals surface area contributed by atoms with Gasteiger partial charge in [0.05, 0.1) is 5.41 Å². The minimum absolute atomic E-state index is 0.513. The number of nitrogens with zero attached hydrogens (tertiary/aromatic N) is 3. The number of carboxylic acids is 1. The summed E-state index contributed by atoms with van der Waals surface area (Å²) in [6.07, 6.45) is 3.32. The van der Waals surface area contributed by atoms with Crippen LogP contribution in [0.2, 0.25) is 0 Å². The van der Waals surface area contributed by atoms with Gasteiger partial charge in [0.25, 0.3) is 0 Å². The van der Waals surface area contributed by atoms with Crippen LogP contribution in [0.3, 0.4) is 0 Å². The summed E-state index contributed by atoms with van der Waals surface area (Å²) in [6, 6.07) is 1.83. The first-order valence-electron chi connectivity index (χ1n) is 5.79. The number of aromatic nitrogens is 2. The quantitative estimate of drug-likeness (QED) is 0.841. The number of aryl methyl sites for hydroxylation is 1. The lowest BCUT2D eigenvalue weighted by Crippen LogP contribution is -2.46. The highest BCUT2D eigenvalue weighted by molar-refractivity contribution is 5.75. The van der Waals surface area contributed by atoms with Gasteiger partial charge in [-0.2, -0.15) is 0 Å². The van der Waals surface area contributed by atoms with E-state index >= 15 is 0 Å². The van der Waals surface area contributed by atoms with E-state index < -0.39 is 11.4 Å². The van der Waals surface area contributed by atoms with E-state index in [1.54, 1.807) is 13.1 Å². The Morgan fingerprint density at radius 1 is 1.59 bits per heavy atom. The van der Waals surface area contributed by atoms with Crippen LogP contribution >= 0.6 is 0 Å². The first-order valence-corrected chi connectivity index (χ1v) is 5.79. The first-order chi connectivity index (χ1) is 8.01. The van der Waals surface area contributed by atoms with E-state index in [0.717, 1.165) is 25.2 Å². The fourth-order valence-corrected chi connectivity index (χ4v) is 2.23. The van der Waals surface area contributed by atoms with E-state index in [9.17, 15) is 9.90 Å². The molecule has 1 aliphatic heterocycles. The minimum Gasteiger partial charge on any atom is -0.481 e. The zero-order valence-electron chi connectivity index (χ0n) is 10.2. The third-order valence-corrected chi connectivity index (χ3v) is 3.30. The van der Waals surface area contributed by atoms with Gasteiger partial charge in [-0.25, -0.2) is 9.97 Å². The molecule has 17 heavy (non-hydrogen) atoms. The molecule has 5 nitrogen and oxygen atoms in total. The van der Waals surface area contributed by atoms with Gasteiger partial charge >= 0.3 is 5.97 Å². The van der Waals surface area contributed by atoms with E-state index in [1.165, 1.54) is 0 Å². The van der Waals surface area contributed by atoms with Crippen molar-refractivity contribution in [1.82, 2.24) is 9.97 Å².